The standard InChI is InChI=1S/C19H18N6O2S/c1-23-15-16(21-18(23)22-20-11-14-9-6-10-28-14)24(2)19(27)25(17(15)26)12-13-7-4-3-5-8-13/h3-11H,12H2,1-2H3,(H,21,22). The molecule has 0 saturated heterocycles. The van der Waals surface area contributed by atoms with Crippen molar-refractivity contribution in [1.82, 2.24) is 18.7 Å². The smallest absolute Gasteiger partial charge is 0.306 e. The molecule has 8 nitrogen and oxygen atoms in total. The maximum Gasteiger partial charge on any atom is 0.332 e. The Bertz CT molecular complexity index is 1270. The number of imidazole rings is 1. The van der Waals surface area contributed by atoms with Gasteiger partial charge in [-0.05, 0) is 17.0 Å². The fourth-order valence-corrected chi connectivity index (χ4v) is 3.55. The molecule has 0 unspecified atom stereocenters. The molecule has 0 spiro atoms. The van der Waals surface area contributed by atoms with Crippen LogP contribution in [-0.4, -0.2) is 24.9 Å². The molecular formula is C19H18N6O2S. The van der Waals surface area contributed by atoms with Crippen molar-refractivity contribution in [1.29, 1.82) is 0 Å². The number of rotatable bonds is 5. The van der Waals surface area contributed by atoms with E-state index in [-0.39, 0.29) is 12.1 Å². The van der Waals surface area contributed by atoms with Crippen molar-refractivity contribution in [3.63, 3.8) is 0 Å². The number of anilines is 1. The Hall–Kier alpha value is -3.46. The predicted octanol–water partition coefficient (Wildman–Crippen LogP) is 1.99. The molecule has 0 fully saturated rings. The maximum atomic E-state index is 13.0. The Kier molecular flexibility index (Phi) is 4.66. The molecule has 3 heterocycles. The van der Waals surface area contributed by atoms with Gasteiger partial charge < -0.3 is 4.57 Å². The van der Waals surface area contributed by atoms with E-state index < -0.39 is 5.69 Å². The third kappa shape index (κ3) is 3.16. The van der Waals surface area contributed by atoms with Gasteiger partial charge in [0, 0.05) is 19.0 Å². The molecule has 0 aliphatic carbocycles. The molecule has 0 amide bonds. The highest BCUT2D eigenvalue weighted by molar-refractivity contribution is 7.11. The van der Waals surface area contributed by atoms with Crippen molar-refractivity contribution < 1.29 is 0 Å². The summed E-state index contributed by atoms with van der Waals surface area (Å²) in [5, 5.41) is 6.13. The number of fused-ring (bicyclic) bond motifs is 1. The topological polar surface area (TPSA) is 86.2 Å². The Labute approximate surface area is 164 Å². The minimum atomic E-state index is -0.409. The number of nitrogens with zero attached hydrogens (tertiary/aromatic N) is 5. The molecule has 0 saturated carbocycles. The molecule has 0 aliphatic heterocycles. The van der Waals surface area contributed by atoms with Gasteiger partial charge in [0.1, 0.15) is 0 Å². The van der Waals surface area contributed by atoms with Gasteiger partial charge in [-0.25, -0.2) is 10.2 Å². The Morgan fingerprint density at radius 3 is 2.61 bits per heavy atom. The van der Waals surface area contributed by atoms with Crippen molar-refractivity contribution in [3.05, 3.63) is 79.1 Å². The average molecular weight is 394 g/mol. The Morgan fingerprint density at radius 2 is 1.89 bits per heavy atom. The lowest BCUT2D eigenvalue weighted by atomic mass is 10.2. The molecular weight excluding hydrogens is 376 g/mol. The highest BCUT2D eigenvalue weighted by Gasteiger charge is 2.18. The minimum Gasteiger partial charge on any atom is -0.306 e. The van der Waals surface area contributed by atoms with Gasteiger partial charge in [0.2, 0.25) is 5.95 Å². The number of hydrogen-bond donors (Lipinski definition) is 1. The highest BCUT2D eigenvalue weighted by Crippen LogP contribution is 2.14. The van der Waals surface area contributed by atoms with E-state index in [0.717, 1.165) is 10.4 Å². The molecule has 0 radical (unpaired) electrons. The largest absolute Gasteiger partial charge is 0.332 e. The molecule has 1 aromatic carbocycles. The van der Waals surface area contributed by atoms with E-state index in [1.54, 1.807) is 36.2 Å². The van der Waals surface area contributed by atoms with Crippen LogP contribution in [0, 0.1) is 0 Å². The normalized spacial score (nSPS) is 11.5. The molecule has 0 aliphatic rings. The fourth-order valence-electron chi connectivity index (χ4n) is 2.97. The molecule has 4 rings (SSSR count). The van der Waals surface area contributed by atoms with E-state index in [2.05, 4.69) is 15.5 Å². The maximum absolute atomic E-state index is 13.0. The lowest BCUT2D eigenvalue weighted by Crippen LogP contribution is -2.39. The summed E-state index contributed by atoms with van der Waals surface area (Å²) in [5.74, 6) is 0.382. The van der Waals surface area contributed by atoms with Gasteiger partial charge >= 0.3 is 5.69 Å². The van der Waals surface area contributed by atoms with Crippen LogP contribution in [-0.2, 0) is 20.6 Å². The summed E-state index contributed by atoms with van der Waals surface area (Å²) < 4.78 is 4.22. The first-order valence-electron chi connectivity index (χ1n) is 8.59. The van der Waals surface area contributed by atoms with Gasteiger partial charge in [0.25, 0.3) is 5.56 Å². The zero-order valence-electron chi connectivity index (χ0n) is 15.4. The first-order valence-corrected chi connectivity index (χ1v) is 9.47. The number of benzene rings is 1. The monoisotopic (exact) mass is 394 g/mol. The van der Waals surface area contributed by atoms with Crippen molar-refractivity contribution >= 4 is 34.7 Å². The van der Waals surface area contributed by atoms with Crippen LogP contribution >= 0.6 is 11.3 Å². The fraction of sp³-hybridized carbons (Fsp3) is 0.158. The first kappa shape index (κ1) is 17.9. The van der Waals surface area contributed by atoms with Crippen molar-refractivity contribution in [2.75, 3.05) is 5.43 Å². The SMILES string of the molecule is Cn1c(NN=Cc2cccs2)nc2c1c(=O)n(Cc1ccccc1)c(=O)n2C. The second kappa shape index (κ2) is 7.28. The van der Waals surface area contributed by atoms with Crippen LogP contribution in [0.5, 0.6) is 0 Å². The van der Waals surface area contributed by atoms with Crippen molar-refractivity contribution in [2.24, 2.45) is 19.2 Å². The van der Waals surface area contributed by atoms with Gasteiger partial charge in [-0.3, -0.25) is 13.9 Å². The second-order valence-electron chi connectivity index (χ2n) is 6.27. The zero-order chi connectivity index (χ0) is 19.7. The highest BCUT2D eigenvalue weighted by atomic mass is 32.1. The molecule has 1 N–H and O–H groups in total. The van der Waals surface area contributed by atoms with Gasteiger partial charge in [0.05, 0.1) is 12.8 Å². The first-order chi connectivity index (χ1) is 13.6. The van der Waals surface area contributed by atoms with Crippen LogP contribution in [0.1, 0.15) is 10.4 Å². The van der Waals surface area contributed by atoms with Crippen molar-refractivity contribution in [2.45, 2.75) is 6.54 Å². The van der Waals surface area contributed by atoms with Crippen molar-refractivity contribution in [3.8, 4) is 0 Å². The molecule has 0 bridgehead atoms. The molecule has 4 aromatic rings. The summed E-state index contributed by atoms with van der Waals surface area (Å²) in [6.45, 7) is 0.201. The Morgan fingerprint density at radius 1 is 1.11 bits per heavy atom. The third-order valence-corrected chi connectivity index (χ3v) is 5.25. The van der Waals surface area contributed by atoms with Gasteiger partial charge in [-0.1, -0.05) is 36.4 Å². The van der Waals surface area contributed by atoms with E-state index in [1.165, 1.54) is 9.13 Å². The number of nitrogens with one attached hydrogen (secondary N) is 1. The number of aryl methyl sites for hydroxylation is 2. The number of hydrogen-bond acceptors (Lipinski definition) is 6. The van der Waals surface area contributed by atoms with Crippen LogP contribution in [0.15, 0.2) is 62.5 Å². The average Bonchev–Trinajstić information content (AvgIpc) is 3.33. The van der Waals surface area contributed by atoms with E-state index in [0.29, 0.717) is 17.1 Å². The van der Waals surface area contributed by atoms with Crippen LogP contribution in [0.25, 0.3) is 11.2 Å². The van der Waals surface area contributed by atoms with Crippen LogP contribution in [0.2, 0.25) is 0 Å². The molecule has 0 atom stereocenters. The molecule has 28 heavy (non-hydrogen) atoms. The Balaban J connectivity index is 1.77. The summed E-state index contributed by atoms with van der Waals surface area (Å²) in [4.78, 5) is 31.1. The summed E-state index contributed by atoms with van der Waals surface area (Å²) in [5.41, 5.74) is 3.59. The predicted molar refractivity (Wildman–Crippen MR) is 111 cm³/mol. The summed E-state index contributed by atoms with van der Waals surface area (Å²) >= 11 is 1.56. The van der Waals surface area contributed by atoms with Crippen LogP contribution < -0.4 is 16.7 Å². The number of thiophene rings is 1. The van der Waals surface area contributed by atoms with Gasteiger partial charge in [-0.15, -0.1) is 11.3 Å². The minimum absolute atomic E-state index is 0.201. The molecule has 9 heteroatoms. The van der Waals surface area contributed by atoms with E-state index >= 15 is 0 Å². The van der Waals surface area contributed by atoms with Gasteiger partial charge in [0.15, 0.2) is 11.2 Å². The van der Waals surface area contributed by atoms with E-state index in [1.807, 2.05) is 47.8 Å². The quantitative estimate of drug-likeness (QED) is 0.414. The van der Waals surface area contributed by atoms with Gasteiger partial charge in [-0.2, -0.15) is 10.1 Å². The van der Waals surface area contributed by atoms with E-state index in [9.17, 15) is 9.59 Å². The van der Waals surface area contributed by atoms with Crippen LogP contribution in [0.3, 0.4) is 0 Å². The lowest BCUT2D eigenvalue weighted by molar-refractivity contribution is 0.655. The molecule has 3 aromatic heterocycles. The van der Waals surface area contributed by atoms with E-state index in [4.69, 9.17) is 0 Å². The number of hydrazone groups is 1. The van der Waals surface area contributed by atoms with Crippen LogP contribution in [0.4, 0.5) is 5.95 Å². The summed E-state index contributed by atoms with van der Waals surface area (Å²) in [7, 11) is 3.33. The summed E-state index contributed by atoms with van der Waals surface area (Å²) in [6.07, 6.45) is 1.68. The second-order valence-corrected chi connectivity index (χ2v) is 7.25. The number of aromatic nitrogens is 4. The molecule has 142 valence electrons. The zero-order valence-corrected chi connectivity index (χ0v) is 16.2. The summed E-state index contributed by atoms with van der Waals surface area (Å²) in [6, 6.07) is 13.3. The lowest BCUT2D eigenvalue weighted by Gasteiger charge is -2.08. The third-order valence-electron chi connectivity index (χ3n) is 4.44.